The number of thiophene rings is 1. The van der Waals surface area contributed by atoms with Crippen molar-refractivity contribution in [1.82, 2.24) is 15.1 Å². The van der Waals surface area contributed by atoms with Crippen LogP contribution in [-0.4, -0.2) is 40.2 Å². The van der Waals surface area contributed by atoms with Crippen LogP contribution in [0, 0.1) is 6.92 Å². The fourth-order valence-electron chi connectivity index (χ4n) is 3.14. The summed E-state index contributed by atoms with van der Waals surface area (Å²) in [4.78, 5) is 0. The summed E-state index contributed by atoms with van der Waals surface area (Å²) in [5.74, 6) is 0.790. The van der Waals surface area contributed by atoms with Gasteiger partial charge in [-0.2, -0.15) is 0 Å². The number of fused-ring (bicyclic) bond motifs is 1. The third kappa shape index (κ3) is 6.56. The summed E-state index contributed by atoms with van der Waals surface area (Å²) in [6.45, 7) is 7.61. The van der Waals surface area contributed by atoms with Gasteiger partial charge in [-0.25, -0.2) is 0 Å². The van der Waals surface area contributed by atoms with Gasteiger partial charge in [-0.05, 0) is 52.3 Å². The van der Waals surface area contributed by atoms with Crippen LogP contribution < -0.4 is 10.1 Å². The van der Waals surface area contributed by atoms with E-state index in [-0.39, 0.29) is 12.2 Å². The molecule has 2 aliphatic rings. The number of aryl methyl sites for hydroxylation is 2. The number of nitrogens with one attached hydrogen (secondary N) is 1. The van der Waals surface area contributed by atoms with Crippen LogP contribution in [0.15, 0.2) is 29.6 Å². The predicted molar refractivity (Wildman–Crippen MR) is 126 cm³/mol. The van der Waals surface area contributed by atoms with E-state index in [0.717, 1.165) is 36.5 Å². The molecule has 1 aromatic carbocycles. The predicted octanol–water partition coefficient (Wildman–Crippen LogP) is 5.30. The molecule has 30 heavy (non-hydrogen) atoms. The number of aromatic nitrogens is 2. The molecule has 0 bridgehead atoms. The van der Waals surface area contributed by atoms with Gasteiger partial charge >= 0.3 is 0 Å². The molecule has 6 heteroatoms. The summed E-state index contributed by atoms with van der Waals surface area (Å²) in [7, 11) is 2.00. The van der Waals surface area contributed by atoms with Crippen LogP contribution in [-0.2, 0) is 7.05 Å². The monoisotopic (exact) mass is 429 g/mol. The summed E-state index contributed by atoms with van der Waals surface area (Å²) in [6, 6.07) is 8.66. The molecule has 0 spiro atoms. The van der Waals surface area contributed by atoms with E-state index < -0.39 is 0 Å². The van der Waals surface area contributed by atoms with Crippen molar-refractivity contribution in [2.24, 2.45) is 7.05 Å². The molecule has 2 fully saturated rings. The minimum absolute atomic E-state index is 0.167. The third-order valence-corrected chi connectivity index (χ3v) is 5.76. The number of piperidine rings is 1. The number of benzene rings is 1. The Kier molecular flexibility index (Phi) is 8.31. The zero-order valence-electron chi connectivity index (χ0n) is 18.6. The fraction of sp³-hybridized carbons (Fsp3) is 0.542. The third-order valence-electron chi connectivity index (χ3n) is 4.80. The van der Waals surface area contributed by atoms with Crippen molar-refractivity contribution in [3.63, 3.8) is 0 Å². The number of nitrogens with zero attached hydrogens (tertiary/aromatic N) is 2. The van der Waals surface area contributed by atoms with Gasteiger partial charge in [0.05, 0.1) is 5.52 Å². The first kappa shape index (κ1) is 22.8. The van der Waals surface area contributed by atoms with Crippen molar-refractivity contribution < 1.29 is 9.84 Å². The molecule has 5 nitrogen and oxygen atoms in total. The average molecular weight is 430 g/mol. The number of aliphatic hydroxyl groups excluding tert-OH is 1. The Morgan fingerprint density at radius 2 is 1.73 bits per heavy atom. The first-order chi connectivity index (χ1) is 14.5. The lowest BCUT2D eigenvalue weighted by Gasteiger charge is -2.22. The van der Waals surface area contributed by atoms with E-state index in [9.17, 15) is 0 Å². The van der Waals surface area contributed by atoms with Crippen LogP contribution in [0.5, 0.6) is 5.88 Å². The maximum atomic E-state index is 8.06. The zero-order valence-corrected chi connectivity index (χ0v) is 19.5. The molecule has 0 unspecified atom stereocenters. The van der Waals surface area contributed by atoms with Crippen LogP contribution in [0.3, 0.4) is 0 Å². The van der Waals surface area contributed by atoms with Crippen LogP contribution in [0.1, 0.15) is 51.5 Å². The molecule has 1 aliphatic heterocycles. The van der Waals surface area contributed by atoms with E-state index in [1.807, 2.05) is 11.7 Å². The highest BCUT2D eigenvalue weighted by Gasteiger charge is 2.21. The summed E-state index contributed by atoms with van der Waals surface area (Å²) in [6.07, 6.45) is 6.71. The van der Waals surface area contributed by atoms with Gasteiger partial charge in [0.25, 0.3) is 5.88 Å². The molecule has 1 saturated heterocycles. The maximum absolute atomic E-state index is 8.06. The Labute approximate surface area is 184 Å². The topological polar surface area (TPSA) is 59.3 Å². The highest BCUT2D eigenvalue weighted by Crippen LogP contribution is 2.39. The Morgan fingerprint density at radius 3 is 2.30 bits per heavy atom. The van der Waals surface area contributed by atoms with Crippen molar-refractivity contribution in [3.8, 4) is 17.0 Å². The van der Waals surface area contributed by atoms with Gasteiger partial charge in [0.15, 0.2) is 0 Å². The largest absolute Gasteiger partial charge is 0.472 e. The van der Waals surface area contributed by atoms with Gasteiger partial charge in [0, 0.05) is 24.1 Å². The van der Waals surface area contributed by atoms with Gasteiger partial charge in [0.1, 0.15) is 10.8 Å². The second-order valence-electron chi connectivity index (χ2n) is 8.34. The Hall–Kier alpha value is -1.89. The molecule has 0 amide bonds. The van der Waals surface area contributed by atoms with Gasteiger partial charge in [-0.15, -0.1) is 16.4 Å². The maximum Gasteiger partial charge on any atom is 0.251 e. The number of rotatable bonds is 3. The molecule has 2 aromatic heterocycles. The first-order valence-corrected chi connectivity index (χ1v) is 11.9. The van der Waals surface area contributed by atoms with E-state index in [1.165, 1.54) is 41.5 Å². The standard InChI is InChI=1S/C18H21N3OS.C3H8O.C3H6/c1-12-3-5-13(6-4-12)15-11-23-17-16(15)21(2)20-18(17)22-14-7-9-19-10-8-14;1-3(2)4;1-2-3-1/h3-6,11,14,19H,7-10H2,1-2H3;3-4H,1-2H3;1-3H2. The van der Waals surface area contributed by atoms with Crippen molar-refractivity contribution in [3.05, 3.63) is 35.2 Å². The van der Waals surface area contributed by atoms with Gasteiger partial charge in [-0.1, -0.05) is 49.1 Å². The van der Waals surface area contributed by atoms with Gasteiger partial charge < -0.3 is 15.2 Å². The van der Waals surface area contributed by atoms with Crippen molar-refractivity contribution in [2.75, 3.05) is 13.1 Å². The molecule has 3 heterocycles. The molecule has 0 radical (unpaired) electrons. The van der Waals surface area contributed by atoms with E-state index in [1.54, 1.807) is 25.2 Å². The molecule has 0 atom stereocenters. The molecule has 2 N–H and O–H groups in total. The van der Waals surface area contributed by atoms with E-state index in [0.29, 0.717) is 0 Å². The fourth-order valence-corrected chi connectivity index (χ4v) is 4.17. The number of hydrogen-bond acceptors (Lipinski definition) is 5. The second-order valence-corrected chi connectivity index (χ2v) is 9.22. The Morgan fingerprint density at radius 1 is 1.13 bits per heavy atom. The minimum atomic E-state index is -0.167. The zero-order chi connectivity index (χ0) is 21.5. The highest BCUT2D eigenvalue weighted by atomic mass is 32.1. The van der Waals surface area contributed by atoms with Crippen molar-refractivity contribution in [1.29, 1.82) is 0 Å². The van der Waals surface area contributed by atoms with Gasteiger partial charge in [0.2, 0.25) is 0 Å². The SMILES string of the molecule is C1CC1.CC(C)O.Cc1ccc(-c2csc3c(OC4CCNCC4)nn(C)c23)cc1. The number of aliphatic hydroxyl groups is 1. The molecule has 1 aliphatic carbocycles. The molecule has 5 rings (SSSR count). The smallest absolute Gasteiger partial charge is 0.251 e. The van der Waals surface area contributed by atoms with E-state index in [4.69, 9.17) is 9.84 Å². The van der Waals surface area contributed by atoms with Crippen molar-refractivity contribution in [2.45, 2.75) is 65.1 Å². The van der Waals surface area contributed by atoms with E-state index >= 15 is 0 Å². The Bertz CT molecular complexity index is 901. The lowest BCUT2D eigenvalue weighted by atomic mass is 10.1. The van der Waals surface area contributed by atoms with Crippen LogP contribution in [0.4, 0.5) is 0 Å². The van der Waals surface area contributed by atoms with Crippen molar-refractivity contribution >= 4 is 21.6 Å². The quantitative estimate of drug-likeness (QED) is 0.593. The second kappa shape index (κ2) is 10.9. The summed E-state index contributed by atoms with van der Waals surface area (Å²) in [5.41, 5.74) is 4.92. The van der Waals surface area contributed by atoms with Crippen LogP contribution in [0.2, 0.25) is 0 Å². The molecule has 1 saturated carbocycles. The van der Waals surface area contributed by atoms with Crippen LogP contribution >= 0.6 is 11.3 Å². The molecular formula is C24H35N3O2S. The first-order valence-electron chi connectivity index (χ1n) is 11.0. The summed E-state index contributed by atoms with van der Waals surface area (Å²) < 4.78 is 9.31. The highest BCUT2D eigenvalue weighted by molar-refractivity contribution is 7.18. The minimum Gasteiger partial charge on any atom is -0.472 e. The number of ether oxygens (including phenoxy) is 1. The molecule has 164 valence electrons. The van der Waals surface area contributed by atoms with Gasteiger partial charge in [-0.3, -0.25) is 4.68 Å². The lowest BCUT2D eigenvalue weighted by Crippen LogP contribution is -2.34. The summed E-state index contributed by atoms with van der Waals surface area (Å²) >= 11 is 1.73. The normalized spacial score (nSPS) is 15.9. The summed E-state index contributed by atoms with van der Waals surface area (Å²) in [5, 5.41) is 18.3. The lowest BCUT2D eigenvalue weighted by molar-refractivity contribution is 0.157. The van der Waals surface area contributed by atoms with E-state index in [2.05, 4.69) is 47.0 Å². The molecular weight excluding hydrogens is 394 g/mol. The average Bonchev–Trinajstić information content (AvgIpc) is 3.48. The number of hydrogen-bond donors (Lipinski definition) is 2. The van der Waals surface area contributed by atoms with Crippen LogP contribution in [0.25, 0.3) is 21.3 Å². The Balaban J connectivity index is 0.000000315. The molecule has 3 aromatic rings.